The Hall–Kier alpha value is -0.210. The number of hydrogen-bond donors (Lipinski definition) is 0. The van der Waals surface area contributed by atoms with Crippen LogP contribution in [0.1, 0.15) is 19.4 Å². The van der Waals surface area contributed by atoms with Crippen LogP contribution in [-0.2, 0) is 5.41 Å². The molecule has 1 nitrogen and oxygen atoms in total. The van der Waals surface area contributed by atoms with Crippen molar-refractivity contribution < 1.29 is 0 Å². The van der Waals surface area contributed by atoms with Gasteiger partial charge in [0, 0.05) is 34.5 Å². The Balaban J connectivity index is 2.43. The summed E-state index contributed by atoms with van der Waals surface area (Å²) in [5, 5.41) is 0. The molecule has 0 spiro atoms. The van der Waals surface area contributed by atoms with E-state index in [4.69, 9.17) is 11.6 Å². The summed E-state index contributed by atoms with van der Waals surface area (Å²) in [6.07, 6.45) is 0. The molecule has 0 amide bonds. The first-order valence-electron chi connectivity index (χ1n) is 5.15. The quantitative estimate of drug-likeness (QED) is 0.749. The topological polar surface area (TPSA) is 3.24 Å². The summed E-state index contributed by atoms with van der Waals surface area (Å²) in [7, 11) is 0. The largest absolute Gasteiger partial charge is 0.369 e. The molecule has 0 aromatic heterocycles. The molecule has 0 radical (unpaired) electrons. The summed E-state index contributed by atoms with van der Waals surface area (Å²) in [4.78, 5) is 2.37. The molecule has 0 atom stereocenters. The van der Waals surface area contributed by atoms with Gasteiger partial charge in [0.15, 0.2) is 0 Å². The van der Waals surface area contributed by atoms with Gasteiger partial charge in [-0.25, -0.2) is 0 Å². The zero-order chi connectivity index (χ0) is 11.1. The van der Waals surface area contributed by atoms with E-state index in [-0.39, 0.29) is 5.41 Å². The van der Waals surface area contributed by atoms with Crippen LogP contribution in [0.2, 0.25) is 0 Å². The number of benzene rings is 1. The second-order valence-corrected chi connectivity index (χ2v) is 5.95. The number of rotatable bonds is 2. The molecular weight excluding hydrogens is 273 g/mol. The van der Waals surface area contributed by atoms with Gasteiger partial charge in [0.1, 0.15) is 0 Å². The second kappa shape index (κ2) is 3.99. The molecular formula is C12H15BrClN. The van der Waals surface area contributed by atoms with E-state index < -0.39 is 0 Å². The highest BCUT2D eigenvalue weighted by Crippen LogP contribution is 2.41. The molecule has 0 bridgehead atoms. The monoisotopic (exact) mass is 287 g/mol. The van der Waals surface area contributed by atoms with Crippen LogP contribution in [0.25, 0.3) is 0 Å². The van der Waals surface area contributed by atoms with Crippen molar-refractivity contribution in [3.05, 3.63) is 28.2 Å². The van der Waals surface area contributed by atoms with Crippen molar-refractivity contribution in [3.63, 3.8) is 0 Å². The van der Waals surface area contributed by atoms with Crippen LogP contribution >= 0.6 is 27.5 Å². The zero-order valence-corrected chi connectivity index (χ0v) is 11.4. The van der Waals surface area contributed by atoms with Crippen molar-refractivity contribution in [2.45, 2.75) is 19.3 Å². The maximum atomic E-state index is 5.82. The van der Waals surface area contributed by atoms with Gasteiger partial charge in [-0.05, 0) is 23.8 Å². The third kappa shape index (κ3) is 2.02. The standard InChI is InChI=1S/C12H15BrClN/c1-12(2)8-15(6-5-14)11-4-3-9(13)7-10(11)12/h3-4,7H,5-6,8H2,1-2H3. The predicted octanol–water partition coefficient (Wildman–Crippen LogP) is 3.79. The summed E-state index contributed by atoms with van der Waals surface area (Å²) in [5.74, 6) is 0.686. The molecule has 0 saturated carbocycles. The van der Waals surface area contributed by atoms with Crippen molar-refractivity contribution >= 4 is 33.2 Å². The molecule has 2 rings (SSSR count). The lowest BCUT2D eigenvalue weighted by Gasteiger charge is -2.21. The lowest BCUT2D eigenvalue weighted by atomic mass is 9.87. The summed E-state index contributed by atoms with van der Waals surface area (Å²) in [6, 6.07) is 6.51. The predicted molar refractivity (Wildman–Crippen MR) is 70.1 cm³/mol. The number of hydrogen-bond acceptors (Lipinski definition) is 1. The third-order valence-electron chi connectivity index (χ3n) is 2.97. The van der Waals surface area contributed by atoms with Gasteiger partial charge in [-0.15, -0.1) is 11.6 Å². The van der Waals surface area contributed by atoms with Crippen LogP contribution in [0.4, 0.5) is 5.69 Å². The van der Waals surface area contributed by atoms with Crippen molar-refractivity contribution in [3.8, 4) is 0 Å². The normalized spacial score (nSPS) is 18.0. The summed E-state index contributed by atoms with van der Waals surface area (Å²) >= 11 is 9.35. The Morgan fingerprint density at radius 2 is 2.20 bits per heavy atom. The Morgan fingerprint density at radius 3 is 2.87 bits per heavy atom. The van der Waals surface area contributed by atoms with Crippen molar-refractivity contribution in [1.82, 2.24) is 0 Å². The number of halogens is 2. The average Bonchev–Trinajstić information content (AvgIpc) is 2.39. The Bertz CT molecular complexity index is 376. The maximum absolute atomic E-state index is 5.82. The average molecular weight is 289 g/mol. The number of alkyl halides is 1. The molecule has 0 unspecified atom stereocenters. The van der Waals surface area contributed by atoms with Crippen LogP contribution < -0.4 is 4.90 Å². The van der Waals surface area contributed by atoms with E-state index >= 15 is 0 Å². The Labute approximate surface area is 105 Å². The third-order valence-corrected chi connectivity index (χ3v) is 3.63. The van der Waals surface area contributed by atoms with Crippen molar-refractivity contribution in [1.29, 1.82) is 0 Å². The van der Waals surface area contributed by atoms with Crippen LogP contribution in [0.3, 0.4) is 0 Å². The highest BCUT2D eigenvalue weighted by Gasteiger charge is 2.34. The fraction of sp³-hybridized carbons (Fsp3) is 0.500. The minimum absolute atomic E-state index is 0.227. The molecule has 1 aromatic carbocycles. The van der Waals surface area contributed by atoms with Gasteiger partial charge in [0.05, 0.1) is 0 Å². The zero-order valence-electron chi connectivity index (χ0n) is 9.06. The van der Waals surface area contributed by atoms with Crippen molar-refractivity contribution in [2.75, 3.05) is 23.9 Å². The number of nitrogens with zero attached hydrogens (tertiary/aromatic N) is 1. The van der Waals surface area contributed by atoms with Gasteiger partial charge in [-0.1, -0.05) is 29.8 Å². The number of fused-ring (bicyclic) bond motifs is 1. The Kier molecular flexibility index (Phi) is 3.00. The first-order valence-corrected chi connectivity index (χ1v) is 6.48. The van der Waals surface area contributed by atoms with Gasteiger partial charge in [0.25, 0.3) is 0 Å². The lowest BCUT2D eigenvalue weighted by Crippen LogP contribution is -2.29. The maximum Gasteiger partial charge on any atom is 0.0406 e. The molecule has 3 heteroatoms. The van der Waals surface area contributed by atoms with Gasteiger partial charge in [-0.3, -0.25) is 0 Å². The Morgan fingerprint density at radius 1 is 1.47 bits per heavy atom. The minimum Gasteiger partial charge on any atom is -0.369 e. The molecule has 0 N–H and O–H groups in total. The SMILES string of the molecule is CC1(C)CN(CCCl)c2ccc(Br)cc21. The van der Waals surface area contributed by atoms with Crippen molar-refractivity contribution in [2.24, 2.45) is 0 Å². The van der Waals surface area contributed by atoms with Gasteiger partial charge in [0.2, 0.25) is 0 Å². The first kappa shape index (κ1) is 11.3. The minimum atomic E-state index is 0.227. The smallest absolute Gasteiger partial charge is 0.0406 e. The molecule has 1 aliphatic heterocycles. The second-order valence-electron chi connectivity index (χ2n) is 4.66. The summed E-state index contributed by atoms with van der Waals surface area (Å²) < 4.78 is 1.15. The van der Waals surface area contributed by atoms with Crippen LogP contribution in [0.15, 0.2) is 22.7 Å². The molecule has 0 fully saturated rings. The molecule has 15 heavy (non-hydrogen) atoms. The molecule has 1 aliphatic rings. The van der Waals surface area contributed by atoms with E-state index in [1.54, 1.807) is 0 Å². The van der Waals surface area contributed by atoms with E-state index in [1.807, 2.05) is 0 Å². The van der Waals surface area contributed by atoms with Crippen LogP contribution in [0.5, 0.6) is 0 Å². The van der Waals surface area contributed by atoms with E-state index in [0.717, 1.165) is 17.6 Å². The molecule has 0 saturated heterocycles. The van der Waals surface area contributed by atoms with E-state index in [1.165, 1.54) is 11.3 Å². The lowest BCUT2D eigenvalue weighted by molar-refractivity contribution is 0.554. The van der Waals surface area contributed by atoms with Gasteiger partial charge in [-0.2, -0.15) is 0 Å². The molecule has 0 aliphatic carbocycles. The van der Waals surface area contributed by atoms with E-state index in [2.05, 4.69) is 52.9 Å². The number of anilines is 1. The fourth-order valence-corrected chi connectivity index (χ4v) is 2.84. The summed E-state index contributed by atoms with van der Waals surface area (Å²) in [6.45, 7) is 6.56. The van der Waals surface area contributed by atoms with E-state index in [0.29, 0.717) is 5.88 Å². The summed E-state index contributed by atoms with van der Waals surface area (Å²) in [5.41, 5.74) is 2.98. The molecule has 82 valence electrons. The first-order chi connectivity index (χ1) is 7.04. The molecule has 1 heterocycles. The van der Waals surface area contributed by atoms with Gasteiger partial charge < -0.3 is 4.90 Å². The van der Waals surface area contributed by atoms with Crippen LogP contribution in [0, 0.1) is 0 Å². The fourth-order valence-electron chi connectivity index (χ4n) is 2.28. The van der Waals surface area contributed by atoms with Gasteiger partial charge >= 0.3 is 0 Å². The van der Waals surface area contributed by atoms with Crippen LogP contribution in [-0.4, -0.2) is 19.0 Å². The molecule has 1 aromatic rings. The van der Waals surface area contributed by atoms with E-state index in [9.17, 15) is 0 Å². The highest BCUT2D eigenvalue weighted by atomic mass is 79.9. The highest BCUT2D eigenvalue weighted by molar-refractivity contribution is 9.10.